The van der Waals surface area contributed by atoms with Crippen molar-refractivity contribution in [2.45, 2.75) is 58.7 Å². The summed E-state index contributed by atoms with van der Waals surface area (Å²) >= 11 is 0. The van der Waals surface area contributed by atoms with Crippen LogP contribution in [0.1, 0.15) is 54.9 Å². The summed E-state index contributed by atoms with van der Waals surface area (Å²) in [6.45, 7) is 5.32. The van der Waals surface area contributed by atoms with Crippen LogP contribution in [0.2, 0.25) is 0 Å². The van der Waals surface area contributed by atoms with Crippen molar-refractivity contribution in [3.63, 3.8) is 0 Å². The van der Waals surface area contributed by atoms with Gasteiger partial charge in [0.1, 0.15) is 0 Å². The van der Waals surface area contributed by atoms with Crippen molar-refractivity contribution in [3.8, 4) is 11.6 Å². The van der Waals surface area contributed by atoms with Crippen LogP contribution in [-0.4, -0.2) is 32.5 Å². The Morgan fingerprint density at radius 3 is 2.29 bits per heavy atom. The molecule has 0 saturated heterocycles. The monoisotopic (exact) mass is 487 g/mol. The van der Waals surface area contributed by atoms with E-state index in [-0.39, 0.29) is 40.6 Å². The SMILES string of the molecule is C/C(=N/NC(=O)C1CCC(O)CC1)c1c(O)n(-c2cc(C)cc(C)c2)c2cc(C(F)(F)F)ccc12. The number of carbonyl (C=O) groups is 1. The second-order valence-corrected chi connectivity index (χ2v) is 9.29. The molecule has 0 aliphatic heterocycles. The number of alkyl halides is 3. The molecule has 1 aromatic heterocycles. The third-order valence-electron chi connectivity index (χ3n) is 6.50. The van der Waals surface area contributed by atoms with E-state index in [9.17, 15) is 28.2 Å². The van der Waals surface area contributed by atoms with E-state index < -0.39 is 11.7 Å². The number of hydrazone groups is 1. The first-order chi connectivity index (χ1) is 16.5. The van der Waals surface area contributed by atoms with Gasteiger partial charge in [0, 0.05) is 17.0 Å². The number of benzene rings is 2. The van der Waals surface area contributed by atoms with Gasteiger partial charge in [0.05, 0.1) is 28.5 Å². The summed E-state index contributed by atoms with van der Waals surface area (Å²) in [6.07, 6.45) is -2.73. The molecule has 0 unspecified atom stereocenters. The van der Waals surface area contributed by atoms with Crippen LogP contribution >= 0.6 is 0 Å². The Hall–Kier alpha value is -3.33. The maximum atomic E-state index is 13.5. The highest BCUT2D eigenvalue weighted by atomic mass is 19.4. The lowest BCUT2D eigenvalue weighted by Gasteiger charge is -2.23. The molecule has 2 aromatic carbocycles. The highest BCUT2D eigenvalue weighted by Crippen LogP contribution is 2.39. The molecule has 4 rings (SSSR count). The lowest BCUT2D eigenvalue weighted by Crippen LogP contribution is -2.31. The third-order valence-corrected chi connectivity index (χ3v) is 6.50. The third kappa shape index (κ3) is 5.05. The first-order valence-electron chi connectivity index (χ1n) is 11.5. The zero-order valence-corrected chi connectivity index (χ0v) is 19.8. The fourth-order valence-electron chi connectivity index (χ4n) is 4.77. The number of nitrogens with zero attached hydrogens (tertiary/aromatic N) is 2. The molecular formula is C26H28F3N3O3. The summed E-state index contributed by atoms with van der Waals surface area (Å²) in [5.41, 5.74) is 4.69. The average Bonchev–Trinajstić information content (AvgIpc) is 3.07. The minimum atomic E-state index is -4.55. The summed E-state index contributed by atoms with van der Waals surface area (Å²) in [5, 5.41) is 25.4. The summed E-state index contributed by atoms with van der Waals surface area (Å²) in [5.74, 6) is -0.816. The van der Waals surface area contributed by atoms with Crippen LogP contribution in [0.4, 0.5) is 13.2 Å². The Balaban J connectivity index is 1.79. The predicted octanol–water partition coefficient (Wildman–Crippen LogP) is 5.36. The van der Waals surface area contributed by atoms with Crippen molar-refractivity contribution < 1.29 is 28.2 Å². The molecular weight excluding hydrogens is 459 g/mol. The first kappa shape index (κ1) is 24.8. The number of hydrogen-bond donors (Lipinski definition) is 3. The Kier molecular flexibility index (Phi) is 6.64. The summed E-state index contributed by atoms with van der Waals surface area (Å²) < 4.78 is 41.9. The molecule has 0 spiro atoms. The number of aliphatic hydroxyl groups excluding tert-OH is 1. The number of rotatable bonds is 4. The molecule has 0 bridgehead atoms. The van der Waals surface area contributed by atoms with Gasteiger partial charge in [-0.05, 0) is 81.8 Å². The van der Waals surface area contributed by atoms with Crippen LogP contribution in [-0.2, 0) is 11.0 Å². The van der Waals surface area contributed by atoms with Crippen molar-refractivity contribution in [2.75, 3.05) is 0 Å². The highest BCUT2D eigenvalue weighted by Gasteiger charge is 2.32. The molecule has 1 heterocycles. The van der Waals surface area contributed by atoms with Gasteiger partial charge in [-0.2, -0.15) is 18.3 Å². The van der Waals surface area contributed by atoms with E-state index in [0.29, 0.717) is 36.8 Å². The molecule has 6 nitrogen and oxygen atoms in total. The average molecular weight is 488 g/mol. The topological polar surface area (TPSA) is 86.8 Å². The number of fused-ring (bicyclic) bond motifs is 1. The van der Waals surface area contributed by atoms with Crippen LogP contribution in [0.25, 0.3) is 16.6 Å². The molecule has 186 valence electrons. The standard InChI is InChI=1S/C26H28F3N3O3/c1-14-10-15(2)12-19(11-14)32-22-13-18(26(27,28)29)6-9-21(22)23(25(32)35)16(3)30-31-24(34)17-4-7-20(33)8-5-17/h6,9-13,17,20,33,35H,4-5,7-8H2,1-3H3,(H,31,34)/b30-16-. The number of amides is 1. The van der Waals surface area contributed by atoms with E-state index in [1.165, 1.54) is 10.6 Å². The largest absolute Gasteiger partial charge is 0.494 e. The number of carbonyl (C=O) groups excluding carboxylic acids is 1. The quantitative estimate of drug-likeness (QED) is 0.342. The van der Waals surface area contributed by atoms with Crippen molar-refractivity contribution in [1.82, 2.24) is 9.99 Å². The van der Waals surface area contributed by atoms with Gasteiger partial charge in [-0.15, -0.1) is 0 Å². The molecule has 1 aliphatic carbocycles. The summed E-state index contributed by atoms with van der Waals surface area (Å²) in [6, 6.07) is 8.78. The highest BCUT2D eigenvalue weighted by molar-refractivity contribution is 6.13. The smallest absolute Gasteiger partial charge is 0.416 e. The van der Waals surface area contributed by atoms with Crippen LogP contribution < -0.4 is 5.43 Å². The van der Waals surface area contributed by atoms with Crippen molar-refractivity contribution in [2.24, 2.45) is 11.0 Å². The van der Waals surface area contributed by atoms with Gasteiger partial charge < -0.3 is 10.2 Å². The molecule has 3 N–H and O–H groups in total. The van der Waals surface area contributed by atoms with Crippen LogP contribution in [0, 0.1) is 19.8 Å². The van der Waals surface area contributed by atoms with E-state index in [0.717, 1.165) is 23.3 Å². The molecule has 3 aromatic rings. The first-order valence-corrected chi connectivity index (χ1v) is 11.5. The Bertz CT molecular complexity index is 1280. The van der Waals surface area contributed by atoms with E-state index >= 15 is 0 Å². The molecule has 1 fully saturated rings. The summed E-state index contributed by atoms with van der Waals surface area (Å²) in [7, 11) is 0. The number of aromatic hydroxyl groups is 1. The van der Waals surface area contributed by atoms with Gasteiger partial charge in [0.15, 0.2) is 0 Å². The van der Waals surface area contributed by atoms with Gasteiger partial charge in [0.2, 0.25) is 11.8 Å². The maximum absolute atomic E-state index is 13.5. The number of halogens is 3. The fourth-order valence-corrected chi connectivity index (χ4v) is 4.77. The molecule has 35 heavy (non-hydrogen) atoms. The van der Waals surface area contributed by atoms with Gasteiger partial charge in [-0.3, -0.25) is 9.36 Å². The zero-order valence-electron chi connectivity index (χ0n) is 19.8. The lowest BCUT2D eigenvalue weighted by atomic mass is 9.87. The number of aliphatic hydroxyl groups is 1. The van der Waals surface area contributed by atoms with Crippen molar-refractivity contribution in [3.05, 3.63) is 58.7 Å². The predicted molar refractivity (Wildman–Crippen MR) is 128 cm³/mol. The van der Waals surface area contributed by atoms with Gasteiger partial charge in [-0.25, -0.2) is 5.43 Å². The second kappa shape index (κ2) is 9.37. The number of hydrogen-bond acceptors (Lipinski definition) is 4. The van der Waals surface area contributed by atoms with Crippen molar-refractivity contribution in [1.29, 1.82) is 0 Å². The zero-order chi connectivity index (χ0) is 25.5. The molecule has 1 amide bonds. The van der Waals surface area contributed by atoms with E-state index in [1.807, 2.05) is 19.9 Å². The van der Waals surface area contributed by atoms with E-state index in [4.69, 9.17) is 0 Å². The Labute approximate surface area is 201 Å². The number of aromatic nitrogens is 1. The van der Waals surface area contributed by atoms with Crippen LogP contribution in [0.3, 0.4) is 0 Å². The van der Waals surface area contributed by atoms with Crippen LogP contribution in [0.5, 0.6) is 5.88 Å². The van der Waals surface area contributed by atoms with E-state index in [2.05, 4.69) is 10.5 Å². The van der Waals surface area contributed by atoms with Crippen LogP contribution in [0.15, 0.2) is 41.5 Å². The number of aryl methyl sites for hydroxylation is 2. The molecule has 1 saturated carbocycles. The normalized spacial score (nSPS) is 19.2. The molecule has 1 aliphatic rings. The molecule has 9 heteroatoms. The van der Waals surface area contributed by atoms with E-state index in [1.54, 1.807) is 19.1 Å². The maximum Gasteiger partial charge on any atom is 0.416 e. The Morgan fingerprint density at radius 2 is 1.69 bits per heavy atom. The molecule has 0 atom stereocenters. The van der Waals surface area contributed by atoms with Gasteiger partial charge >= 0.3 is 6.18 Å². The minimum Gasteiger partial charge on any atom is -0.494 e. The molecule has 0 radical (unpaired) electrons. The minimum absolute atomic E-state index is 0.180. The Morgan fingerprint density at radius 1 is 1.06 bits per heavy atom. The fraction of sp³-hybridized carbons (Fsp3) is 0.385. The van der Waals surface area contributed by atoms with Crippen molar-refractivity contribution >= 4 is 22.5 Å². The summed E-state index contributed by atoms with van der Waals surface area (Å²) in [4.78, 5) is 12.6. The van der Waals surface area contributed by atoms with Gasteiger partial charge in [0.25, 0.3) is 0 Å². The van der Waals surface area contributed by atoms with Gasteiger partial charge in [-0.1, -0.05) is 12.1 Å². The second-order valence-electron chi connectivity index (χ2n) is 9.29. The lowest BCUT2D eigenvalue weighted by molar-refractivity contribution is -0.137. The number of nitrogens with one attached hydrogen (secondary N) is 1.